The molecule has 1 aromatic heterocycles. The fourth-order valence-electron chi connectivity index (χ4n) is 0.883. The van der Waals surface area contributed by atoms with Crippen LogP contribution in [0.5, 0.6) is 0 Å². The molecule has 66 valence electrons. The molecule has 0 saturated carbocycles. The molecule has 12 heavy (non-hydrogen) atoms. The van der Waals surface area contributed by atoms with Crippen LogP contribution >= 0.6 is 23.1 Å². The van der Waals surface area contributed by atoms with E-state index in [0.29, 0.717) is 11.5 Å². The Morgan fingerprint density at radius 2 is 2.17 bits per heavy atom. The smallest absolute Gasteiger partial charge is 0.152 e. The molecule has 0 aliphatic carbocycles. The molecule has 2 atom stereocenters. The summed E-state index contributed by atoms with van der Waals surface area (Å²) in [7, 11) is 0. The van der Waals surface area contributed by atoms with E-state index in [-0.39, 0.29) is 0 Å². The van der Waals surface area contributed by atoms with Crippen LogP contribution in [0, 0.1) is 13.8 Å². The second-order valence-electron chi connectivity index (χ2n) is 2.95. The highest BCUT2D eigenvalue weighted by Crippen LogP contribution is 2.39. The lowest BCUT2D eigenvalue weighted by molar-refractivity contribution is 0.413. The third kappa shape index (κ3) is 1.65. The van der Waals surface area contributed by atoms with Crippen LogP contribution in [0.25, 0.3) is 0 Å². The van der Waals surface area contributed by atoms with Gasteiger partial charge in [0.2, 0.25) is 0 Å². The number of hydrogen-bond acceptors (Lipinski definition) is 4. The van der Waals surface area contributed by atoms with Gasteiger partial charge in [0.1, 0.15) is 5.44 Å². The first-order chi connectivity index (χ1) is 5.66. The first-order valence-electron chi connectivity index (χ1n) is 3.93. The number of ether oxygens (including phenoxy) is 1. The molecule has 1 aliphatic rings. The van der Waals surface area contributed by atoms with Crippen molar-refractivity contribution in [2.45, 2.75) is 36.7 Å². The van der Waals surface area contributed by atoms with Gasteiger partial charge in [0.05, 0.1) is 11.8 Å². The van der Waals surface area contributed by atoms with Crippen molar-refractivity contribution in [1.82, 2.24) is 4.98 Å². The van der Waals surface area contributed by atoms with Crippen LogP contribution in [0.4, 0.5) is 0 Å². The van der Waals surface area contributed by atoms with Crippen molar-refractivity contribution in [3.05, 3.63) is 10.6 Å². The number of thiazole rings is 1. The van der Waals surface area contributed by atoms with Crippen molar-refractivity contribution in [1.29, 1.82) is 0 Å². The molecular formula is C8H11NOS2. The van der Waals surface area contributed by atoms with E-state index in [1.54, 1.807) is 23.1 Å². The second-order valence-corrected chi connectivity index (χ2v) is 5.50. The predicted molar refractivity (Wildman–Crippen MR) is 51.8 cm³/mol. The maximum atomic E-state index is 5.30. The summed E-state index contributed by atoms with van der Waals surface area (Å²) in [4.78, 5) is 5.74. The van der Waals surface area contributed by atoms with E-state index in [9.17, 15) is 0 Å². The lowest BCUT2D eigenvalue weighted by Crippen LogP contribution is -1.80. The first kappa shape index (κ1) is 8.53. The van der Waals surface area contributed by atoms with Gasteiger partial charge in [0.25, 0.3) is 0 Å². The van der Waals surface area contributed by atoms with E-state index in [1.165, 1.54) is 4.88 Å². The lowest BCUT2D eigenvalue weighted by atomic mass is 10.4. The topological polar surface area (TPSA) is 25.4 Å². The van der Waals surface area contributed by atoms with Crippen molar-refractivity contribution in [3.63, 3.8) is 0 Å². The largest absolute Gasteiger partial charge is 0.358 e. The summed E-state index contributed by atoms with van der Waals surface area (Å²) in [6.45, 7) is 6.24. The fraction of sp³-hybridized carbons (Fsp3) is 0.625. The van der Waals surface area contributed by atoms with Crippen molar-refractivity contribution in [3.8, 4) is 0 Å². The van der Waals surface area contributed by atoms with Crippen molar-refractivity contribution >= 4 is 23.1 Å². The monoisotopic (exact) mass is 201 g/mol. The molecule has 0 N–H and O–H groups in total. The molecule has 2 rings (SSSR count). The Morgan fingerprint density at radius 1 is 1.50 bits per heavy atom. The Hall–Kier alpha value is -0.0600. The van der Waals surface area contributed by atoms with Crippen molar-refractivity contribution < 1.29 is 4.74 Å². The summed E-state index contributed by atoms with van der Waals surface area (Å²) in [5, 5.41) is 0. The average Bonchev–Trinajstić information content (AvgIpc) is 2.56. The summed E-state index contributed by atoms with van der Waals surface area (Å²) in [6.07, 6.45) is 0.416. The van der Waals surface area contributed by atoms with Crippen LogP contribution in [-0.2, 0) is 4.74 Å². The summed E-state index contributed by atoms with van der Waals surface area (Å²) in [5.74, 6) is 0. The Balaban J connectivity index is 2.04. The Bertz CT molecular complexity index is 278. The molecule has 4 heteroatoms. The predicted octanol–water partition coefficient (Wildman–Crippen LogP) is 2.60. The van der Waals surface area contributed by atoms with E-state index in [4.69, 9.17) is 4.74 Å². The zero-order valence-corrected chi connectivity index (χ0v) is 8.96. The van der Waals surface area contributed by atoms with Gasteiger partial charge in [-0.05, 0) is 20.8 Å². The minimum absolute atomic E-state index is 0.356. The van der Waals surface area contributed by atoms with Gasteiger partial charge in [0, 0.05) is 4.88 Å². The van der Waals surface area contributed by atoms with E-state index in [2.05, 4.69) is 18.8 Å². The molecule has 2 heterocycles. The lowest BCUT2D eigenvalue weighted by Gasteiger charge is -1.86. The van der Waals surface area contributed by atoms with Crippen LogP contribution in [-0.4, -0.2) is 16.5 Å². The van der Waals surface area contributed by atoms with E-state index in [0.717, 1.165) is 10.0 Å². The number of aromatic nitrogens is 1. The zero-order chi connectivity index (χ0) is 8.72. The van der Waals surface area contributed by atoms with Gasteiger partial charge in [0.15, 0.2) is 4.34 Å². The number of rotatable bonds is 2. The molecule has 1 aromatic rings. The fourth-order valence-corrected chi connectivity index (χ4v) is 3.18. The number of thioether (sulfide) groups is 1. The minimum atomic E-state index is 0.356. The number of hydrogen-bond donors (Lipinski definition) is 0. The van der Waals surface area contributed by atoms with Crippen LogP contribution < -0.4 is 0 Å². The van der Waals surface area contributed by atoms with Gasteiger partial charge in [-0.25, -0.2) is 4.98 Å². The van der Waals surface area contributed by atoms with E-state index in [1.807, 2.05) is 6.92 Å². The summed E-state index contributed by atoms with van der Waals surface area (Å²) in [6, 6.07) is 0. The summed E-state index contributed by atoms with van der Waals surface area (Å²) in [5.41, 5.74) is 1.51. The highest BCUT2D eigenvalue weighted by Gasteiger charge is 2.36. The number of epoxide rings is 1. The van der Waals surface area contributed by atoms with Crippen LogP contribution in [0.15, 0.2) is 4.34 Å². The highest BCUT2D eigenvalue weighted by atomic mass is 32.2. The maximum Gasteiger partial charge on any atom is 0.152 e. The SMILES string of the molecule is Cc1nc(S[C@@H]2O[C@H]2C)sc1C. The highest BCUT2D eigenvalue weighted by molar-refractivity contribution is 8.01. The van der Waals surface area contributed by atoms with Crippen molar-refractivity contribution in [2.24, 2.45) is 0 Å². The van der Waals surface area contributed by atoms with Gasteiger partial charge >= 0.3 is 0 Å². The maximum absolute atomic E-state index is 5.30. The van der Waals surface area contributed by atoms with Gasteiger partial charge in [-0.3, -0.25) is 0 Å². The van der Waals surface area contributed by atoms with Crippen LogP contribution in [0.1, 0.15) is 17.5 Å². The van der Waals surface area contributed by atoms with Gasteiger partial charge in [-0.2, -0.15) is 0 Å². The molecule has 0 radical (unpaired) electrons. The molecule has 1 aliphatic heterocycles. The number of nitrogens with zero attached hydrogens (tertiary/aromatic N) is 1. The Kier molecular flexibility index (Phi) is 2.14. The van der Waals surface area contributed by atoms with Gasteiger partial charge in [-0.15, -0.1) is 11.3 Å². The van der Waals surface area contributed by atoms with Gasteiger partial charge < -0.3 is 4.74 Å². The van der Waals surface area contributed by atoms with Gasteiger partial charge in [-0.1, -0.05) is 11.8 Å². The standard InChI is InChI=1S/C8H11NOS2/c1-4-6(3)11-8(9-4)12-7-5(2)10-7/h5,7H,1-3H3/t5-,7-/m0/s1. The molecule has 0 aromatic carbocycles. The molecule has 0 unspecified atom stereocenters. The number of aryl methyl sites for hydroxylation is 2. The van der Waals surface area contributed by atoms with Crippen LogP contribution in [0.2, 0.25) is 0 Å². The zero-order valence-electron chi connectivity index (χ0n) is 7.33. The molecule has 0 spiro atoms. The average molecular weight is 201 g/mol. The quantitative estimate of drug-likeness (QED) is 0.688. The van der Waals surface area contributed by atoms with Crippen molar-refractivity contribution in [2.75, 3.05) is 0 Å². The third-order valence-corrected chi connectivity index (χ3v) is 4.31. The minimum Gasteiger partial charge on any atom is -0.358 e. The summed E-state index contributed by atoms with van der Waals surface area (Å²) < 4.78 is 6.44. The molecule has 1 saturated heterocycles. The Morgan fingerprint density at radius 3 is 2.58 bits per heavy atom. The van der Waals surface area contributed by atoms with Crippen LogP contribution in [0.3, 0.4) is 0 Å². The summed E-state index contributed by atoms with van der Waals surface area (Å²) >= 11 is 3.49. The normalized spacial score (nSPS) is 27.6. The first-order valence-corrected chi connectivity index (χ1v) is 5.62. The second kappa shape index (κ2) is 3.01. The third-order valence-electron chi connectivity index (χ3n) is 1.88. The Labute approximate surface area is 80.3 Å². The van der Waals surface area contributed by atoms with E-state index >= 15 is 0 Å². The molecule has 0 bridgehead atoms. The van der Waals surface area contributed by atoms with E-state index < -0.39 is 0 Å². The molecule has 0 amide bonds. The molecular weight excluding hydrogens is 190 g/mol. The molecule has 2 nitrogen and oxygen atoms in total. The molecule has 1 fully saturated rings.